The van der Waals surface area contributed by atoms with Gasteiger partial charge in [-0.25, -0.2) is 8.42 Å². The Balaban J connectivity index is 2.06. The topological polar surface area (TPSA) is 84.5 Å². The van der Waals surface area contributed by atoms with E-state index in [0.29, 0.717) is 24.5 Å². The molecule has 0 spiro atoms. The van der Waals surface area contributed by atoms with E-state index in [2.05, 4.69) is 10.0 Å². The monoisotopic (exact) mass is 428 g/mol. The molecular weight excluding hydrogens is 396 g/mol. The van der Waals surface area contributed by atoms with Gasteiger partial charge in [0.25, 0.3) is 0 Å². The van der Waals surface area contributed by atoms with Crippen molar-refractivity contribution in [1.82, 2.24) is 10.0 Å². The van der Waals surface area contributed by atoms with Crippen molar-refractivity contribution in [2.75, 3.05) is 18.6 Å². The molecule has 0 heterocycles. The molecule has 2 rings (SSSR count). The molecule has 0 aliphatic heterocycles. The van der Waals surface area contributed by atoms with Crippen molar-refractivity contribution in [2.45, 2.75) is 68.8 Å². The van der Waals surface area contributed by atoms with Gasteiger partial charge in [-0.3, -0.25) is 4.79 Å². The van der Waals surface area contributed by atoms with Gasteiger partial charge in [-0.1, -0.05) is 25.7 Å². The van der Waals surface area contributed by atoms with Crippen molar-refractivity contribution < 1.29 is 17.9 Å². The molecule has 0 unspecified atom stereocenters. The van der Waals surface area contributed by atoms with E-state index >= 15 is 0 Å². The van der Waals surface area contributed by atoms with Crippen LogP contribution in [0.1, 0.15) is 51.9 Å². The van der Waals surface area contributed by atoms with Gasteiger partial charge in [-0.2, -0.15) is 16.5 Å². The van der Waals surface area contributed by atoms with E-state index in [1.165, 1.54) is 25.0 Å². The second kappa shape index (κ2) is 11.7. The lowest BCUT2D eigenvalue weighted by molar-refractivity contribution is -0.123. The van der Waals surface area contributed by atoms with E-state index in [-0.39, 0.29) is 16.8 Å². The highest BCUT2D eigenvalue weighted by Gasteiger charge is 2.27. The van der Waals surface area contributed by atoms with Crippen LogP contribution in [0.2, 0.25) is 0 Å². The fourth-order valence-electron chi connectivity index (χ4n) is 3.34. The van der Waals surface area contributed by atoms with Crippen molar-refractivity contribution in [1.29, 1.82) is 0 Å². The first kappa shape index (κ1) is 23.0. The largest absolute Gasteiger partial charge is 0.494 e. The van der Waals surface area contributed by atoms with Crippen LogP contribution in [0, 0.1) is 0 Å². The fraction of sp³-hybridized carbons (Fsp3) is 0.650. The molecule has 0 saturated heterocycles. The van der Waals surface area contributed by atoms with Crippen molar-refractivity contribution in [3.63, 3.8) is 0 Å². The van der Waals surface area contributed by atoms with E-state index in [0.717, 1.165) is 25.7 Å². The Labute approximate surface area is 173 Å². The summed E-state index contributed by atoms with van der Waals surface area (Å²) in [6.07, 6.45) is 8.95. The maximum Gasteiger partial charge on any atom is 0.241 e. The number of amides is 1. The van der Waals surface area contributed by atoms with Crippen molar-refractivity contribution in [3.05, 3.63) is 24.3 Å². The van der Waals surface area contributed by atoms with Crippen LogP contribution in [0.25, 0.3) is 0 Å². The van der Waals surface area contributed by atoms with Gasteiger partial charge in [-0.15, -0.1) is 0 Å². The zero-order chi connectivity index (χ0) is 20.4. The van der Waals surface area contributed by atoms with Crippen LogP contribution in [0.4, 0.5) is 0 Å². The zero-order valence-electron chi connectivity index (χ0n) is 16.8. The maximum atomic E-state index is 12.8. The number of nitrogens with one attached hydrogen (secondary N) is 2. The van der Waals surface area contributed by atoms with Gasteiger partial charge in [0.2, 0.25) is 15.9 Å². The molecule has 8 heteroatoms. The molecule has 0 aromatic heterocycles. The molecule has 1 atom stereocenters. The zero-order valence-corrected chi connectivity index (χ0v) is 18.4. The Morgan fingerprint density at radius 1 is 1.18 bits per heavy atom. The highest BCUT2D eigenvalue weighted by atomic mass is 32.2. The van der Waals surface area contributed by atoms with E-state index in [1.807, 2.05) is 13.2 Å². The third-order valence-corrected chi connectivity index (χ3v) is 7.00. The van der Waals surface area contributed by atoms with E-state index < -0.39 is 16.1 Å². The number of hydrogen-bond acceptors (Lipinski definition) is 5. The summed E-state index contributed by atoms with van der Waals surface area (Å²) in [7, 11) is -3.79. The average molecular weight is 429 g/mol. The van der Waals surface area contributed by atoms with Gasteiger partial charge in [0.15, 0.2) is 0 Å². The van der Waals surface area contributed by atoms with Crippen molar-refractivity contribution in [2.24, 2.45) is 0 Å². The summed E-state index contributed by atoms with van der Waals surface area (Å²) >= 11 is 1.59. The van der Waals surface area contributed by atoms with Crippen LogP contribution >= 0.6 is 11.8 Å². The first-order chi connectivity index (χ1) is 13.5. The molecule has 1 aliphatic rings. The third-order valence-electron chi connectivity index (χ3n) is 4.87. The summed E-state index contributed by atoms with van der Waals surface area (Å²) < 4.78 is 33.5. The van der Waals surface area contributed by atoms with Gasteiger partial charge < -0.3 is 10.1 Å². The Bertz CT molecular complexity index is 699. The molecule has 28 heavy (non-hydrogen) atoms. The van der Waals surface area contributed by atoms with E-state index in [9.17, 15) is 13.2 Å². The number of hydrogen-bond donors (Lipinski definition) is 2. The minimum atomic E-state index is -3.79. The van der Waals surface area contributed by atoms with Gasteiger partial charge in [0.05, 0.1) is 11.5 Å². The standard InChI is InChI=1S/C20H32N2O4S2/c1-3-26-17-10-12-18(13-11-17)28(24,25)22-19(14-15-27-2)20(23)21-16-8-6-4-5-7-9-16/h10-13,16,19,22H,3-9,14-15H2,1-2H3,(H,21,23)/t19-/m0/s1. The predicted molar refractivity (Wildman–Crippen MR) is 114 cm³/mol. The smallest absolute Gasteiger partial charge is 0.241 e. The molecule has 0 radical (unpaired) electrons. The van der Waals surface area contributed by atoms with Gasteiger partial charge >= 0.3 is 0 Å². The third kappa shape index (κ3) is 7.29. The molecule has 1 fully saturated rings. The number of thioether (sulfide) groups is 1. The lowest BCUT2D eigenvalue weighted by Crippen LogP contribution is -2.49. The Kier molecular flexibility index (Phi) is 9.61. The lowest BCUT2D eigenvalue weighted by atomic mass is 10.1. The Morgan fingerprint density at radius 2 is 1.82 bits per heavy atom. The van der Waals surface area contributed by atoms with E-state index in [4.69, 9.17) is 4.74 Å². The van der Waals surface area contributed by atoms with Crippen LogP contribution in [-0.2, 0) is 14.8 Å². The number of ether oxygens (including phenoxy) is 1. The molecule has 1 aliphatic carbocycles. The molecular formula is C20H32N2O4S2. The lowest BCUT2D eigenvalue weighted by Gasteiger charge is -2.22. The first-order valence-corrected chi connectivity index (χ1v) is 12.9. The van der Waals surface area contributed by atoms with Crippen molar-refractivity contribution in [3.8, 4) is 5.75 Å². The number of carbonyl (C=O) groups excluding carboxylic acids is 1. The predicted octanol–water partition coefficient (Wildman–Crippen LogP) is 3.32. The Hall–Kier alpha value is -1.25. The van der Waals surface area contributed by atoms with Gasteiger partial charge in [0, 0.05) is 6.04 Å². The second-order valence-electron chi connectivity index (χ2n) is 7.06. The summed E-state index contributed by atoms with van der Waals surface area (Å²) in [5, 5.41) is 3.07. The Morgan fingerprint density at radius 3 is 2.39 bits per heavy atom. The van der Waals surface area contributed by atoms with Gasteiger partial charge in [-0.05, 0) is 62.5 Å². The number of benzene rings is 1. The summed E-state index contributed by atoms with van der Waals surface area (Å²) in [6.45, 7) is 2.39. The summed E-state index contributed by atoms with van der Waals surface area (Å²) in [6, 6.07) is 5.62. The molecule has 158 valence electrons. The summed E-state index contributed by atoms with van der Waals surface area (Å²) in [5.41, 5.74) is 0. The van der Waals surface area contributed by atoms with Crippen LogP contribution < -0.4 is 14.8 Å². The molecule has 1 saturated carbocycles. The molecule has 1 aromatic carbocycles. The first-order valence-electron chi connectivity index (χ1n) is 10.0. The van der Waals surface area contributed by atoms with Crippen LogP contribution in [0.15, 0.2) is 29.2 Å². The number of carbonyl (C=O) groups is 1. The highest BCUT2D eigenvalue weighted by molar-refractivity contribution is 7.98. The van der Waals surface area contributed by atoms with Crippen LogP contribution in [0.5, 0.6) is 5.75 Å². The second-order valence-corrected chi connectivity index (χ2v) is 9.76. The fourth-order valence-corrected chi connectivity index (χ4v) is 5.04. The molecule has 6 nitrogen and oxygen atoms in total. The molecule has 0 bridgehead atoms. The number of rotatable bonds is 10. The summed E-state index contributed by atoms with van der Waals surface area (Å²) in [5.74, 6) is 1.09. The minimum Gasteiger partial charge on any atom is -0.494 e. The quantitative estimate of drug-likeness (QED) is 0.559. The minimum absolute atomic E-state index is 0.132. The average Bonchev–Trinajstić information content (AvgIpc) is 2.94. The van der Waals surface area contributed by atoms with Crippen LogP contribution in [-0.4, -0.2) is 45.0 Å². The normalized spacial score (nSPS) is 16.9. The number of sulfonamides is 1. The maximum absolute atomic E-state index is 12.8. The van der Waals surface area contributed by atoms with Crippen LogP contribution in [0.3, 0.4) is 0 Å². The molecule has 2 N–H and O–H groups in total. The molecule has 1 amide bonds. The highest BCUT2D eigenvalue weighted by Crippen LogP contribution is 2.19. The SMILES string of the molecule is CCOc1ccc(S(=O)(=O)N[C@@H](CCSC)C(=O)NC2CCCCCC2)cc1. The van der Waals surface area contributed by atoms with Gasteiger partial charge in [0.1, 0.15) is 11.8 Å². The van der Waals surface area contributed by atoms with E-state index in [1.54, 1.807) is 23.9 Å². The summed E-state index contributed by atoms with van der Waals surface area (Å²) in [4.78, 5) is 12.9. The van der Waals surface area contributed by atoms with Crippen molar-refractivity contribution >= 4 is 27.7 Å². The molecule has 1 aromatic rings.